The van der Waals surface area contributed by atoms with Gasteiger partial charge < -0.3 is 9.47 Å². The van der Waals surface area contributed by atoms with Crippen molar-refractivity contribution in [3.05, 3.63) is 35.9 Å². The molecule has 0 spiro atoms. The van der Waals surface area contributed by atoms with Gasteiger partial charge in [-0.15, -0.1) is 0 Å². The summed E-state index contributed by atoms with van der Waals surface area (Å²) in [5.41, 5.74) is 0.469. The maximum atomic E-state index is 13.6. The molecule has 132 valence electrons. The number of ether oxygens (including phenoxy) is 2. The molecule has 0 saturated carbocycles. The maximum absolute atomic E-state index is 13.6. The molecule has 0 bridgehead atoms. The number of benzene rings is 1. The van der Waals surface area contributed by atoms with Crippen LogP contribution in [0.2, 0.25) is 0 Å². The van der Waals surface area contributed by atoms with E-state index < -0.39 is 42.0 Å². The van der Waals surface area contributed by atoms with Crippen molar-refractivity contribution >= 4 is 11.9 Å². The summed E-state index contributed by atoms with van der Waals surface area (Å²) in [4.78, 5) is 24.1. The maximum Gasteiger partial charge on any atom is 0.394 e. The Kier molecular flexibility index (Phi) is 5.48. The molecular weight excluding hydrogens is 327 g/mol. The lowest BCUT2D eigenvalue weighted by Gasteiger charge is -2.25. The first-order valence-corrected chi connectivity index (χ1v) is 7.43. The van der Waals surface area contributed by atoms with E-state index in [2.05, 4.69) is 10.1 Å². The van der Waals surface area contributed by atoms with Gasteiger partial charge in [0.15, 0.2) is 0 Å². The second-order valence-corrected chi connectivity index (χ2v) is 5.40. The van der Waals surface area contributed by atoms with Crippen molar-refractivity contribution in [3.63, 3.8) is 0 Å². The second-order valence-electron chi connectivity index (χ2n) is 5.40. The molecule has 0 aliphatic carbocycles. The van der Waals surface area contributed by atoms with E-state index in [1.165, 1.54) is 6.92 Å². The number of alkyl halides is 3. The Morgan fingerprint density at radius 3 is 2.29 bits per heavy atom. The van der Waals surface area contributed by atoms with Crippen LogP contribution >= 0.6 is 0 Å². The quantitative estimate of drug-likeness (QED) is 0.848. The van der Waals surface area contributed by atoms with Crippen molar-refractivity contribution in [1.29, 1.82) is 0 Å². The van der Waals surface area contributed by atoms with Crippen LogP contribution in [0.4, 0.5) is 13.2 Å². The van der Waals surface area contributed by atoms with Crippen LogP contribution < -0.4 is 5.32 Å². The summed E-state index contributed by atoms with van der Waals surface area (Å²) in [6.07, 6.45) is -4.77. The molecule has 1 fully saturated rings. The molecule has 0 amide bonds. The minimum atomic E-state index is -4.77. The third kappa shape index (κ3) is 3.53. The molecule has 0 radical (unpaired) electrons. The van der Waals surface area contributed by atoms with Gasteiger partial charge in [-0.1, -0.05) is 30.3 Å². The van der Waals surface area contributed by atoms with Gasteiger partial charge in [-0.3, -0.25) is 14.9 Å². The van der Waals surface area contributed by atoms with Crippen molar-refractivity contribution < 1.29 is 32.2 Å². The highest BCUT2D eigenvalue weighted by Crippen LogP contribution is 2.46. The summed E-state index contributed by atoms with van der Waals surface area (Å²) in [6.45, 7) is 1.46. The van der Waals surface area contributed by atoms with Crippen LogP contribution in [-0.2, 0) is 19.1 Å². The first-order chi connectivity index (χ1) is 11.3. The normalized spacial score (nSPS) is 26.9. The highest BCUT2D eigenvalue weighted by Gasteiger charge is 2.62. The Hall–Kier alpha value is -2.09. The standard InChI is InChI=1S/C16H18F3NO4/c1-3-24-14(21)10-11(16(17,18)19)13(15(22)23-2)20-12(10)9-7-5-4-6-8-9/h4-8,10-13,20H,3H2,1-2H3/t10-,11-,12-,13-/m0/s1. The lowest BCUT2D eigenvalue weighted by atomic mass is 9.84. The third-order valence-corrected chi connectivity index (χ3v) is 4.01. The SMILES string of the molecule is CCOC(=O)[C@H]1[C@H](C(F)(F)F)[C@@H](C(=O)OC)N[C@H]1c1ccccc1. The predicted molar refractivity (Wildman–Crippen MR) is 77.8 cm³/mol. The molecule has 1 N–H and O–H groups in total. The Labute approximate surface area is 137 Å². The largest absolute Gasteiger partial charge is 0.468 e. The lowest BCUT2D eigenvalue weighted by Crippen LogP contribution is -2.45. The van der Waals surface area contributed by atoms with Crippen LogP contribution in [0, 0.1) is 11.8 Å². The minimum Gasteiger partial charge on any atom is -0.468 e. The Morgan fingerprint density at radius 1 is 1.17 bits per heavy atom. The van der Waals surface area contributed by atoms with Gasteiger partial charge in [0.25, 0.3) is 0 Å². The fourth-order valence-electron chi connectivity index (χ4n) is 3.03. The van der Waals surface area contributed by atoms with Gasteiger partial charge in [-0.05, 0) is 12.5 Å². The Morgan fingerprint density at radius 2 is 1.79 bits per heavy atom. The minimum absolute atomic E-state index is 0.0513. The van der Waals surface area contributed by atoms with E-state index in [9.17, 15) is 22.8 Å². The molecule has 0 unspecified atom stereocenters. The van der Waals surface area contributed by atoms with Crippen molar-refractivity contribution in [3.8, 4) is 0 Å². The van der Waals surface area contributed by atoms with Gasteiger partial charge >= 0.3 is 18.1 Å². The molecule has 0 aromatic heterocycles. The first-order valence-electron chi connectivity index (χ1n) is 7.43. The summed E-state index contributed by atoms with van der Waals surface area (Å²) in [7, 11) is 1.01. The van der Waals surface area contributed by atoms with Crippen molar-refractivity contribution in [2.24, 2.45) is 11.8 Å². The van der Waals surface area contributed by atoms with Gasteiger partial charge in [0.05, 0.1) is 25.6 Å². The second kappa shape index (κ2) is 7.21. The Bertz CT molecular complexity index is 591. The van der Waals surface area contributed by atoms with Crippen LogP contribution in [0.5, 0.6) is 0 Å². The topological polar surface area (TPSA) is 64.6 Å². The van der Waals surface area contributed by atoms with E-state index in [0.29, 0.717) is 5.56 Å². The van der Waals surface area contributed by atoms with Gasteiger partial charge in [0.2, 0.25) is 0 Å². The molecule has 2 rings (SSSR count). The molecule has 5 nitrogen and oxygen atoms in total. The number of nitrogens with one attached hydrogen (secondary N) is 1. The van der Waals surface area contributed by atoms with Crippen LogP contribution in [0.3, 0.4) is 0 Å². The van der Waals surface area contributed by atoms with E-state index in [0.717, 1.165) is 7.11 Å². The van der Waals surface area contributed by atoms with Gasteiger partial charge in [-0.25, -0.2) is 0 Å². The monoisotopic (exact) mass is 345 g/mol. The zero-order chi connectivity index (χ0) is 17.9. The number of esters is 2. The number of rotatable bonds is 4. The zero-order valence-electron chi connectivity index (χ0n) is 13.2. The number of hydrogen-bond acceptors (Lipinski definition) is 5. The van der Waals surface area contributed by atoms with Gasteiger partial charge in [-0.2, -0.15) is 13.2 Å². The molecule has 1 saturated heterocycles. The molecule has 1 aromatic rings. The molecule has 24 heavy (non-hydrogen) atoms. The van der Waals surface area contributed by atoms with Crippen molar-refractivity contribution in [2.45, 2.75) is 25.2 Å². The number of hydrogen-bond donors (Lipinski definition) is 1. The molecule has 1 aliphatic rings. The summed E-state index contributed by atoms with van der Waals surface area (Å²) in [5.74, 6) is -5.86. The van der Waals surface area contributed by atoms with Gasteiger partial charge in [0.1, 0.15) is 6.04 Å². The summed E-state index contributed by atoms with van der Waals surface area (Å²) < 4.78 is 50.1. The summed E-state index contributed by atoms with van der Waals surface area (Å²) >= 11 is 0. The highest BCUT2D eigenvalue weighted by atomic mass is 19.4. The van der Waals surface area contributed by atoms with Crippen molar-refractivity contribution in [1.82, 2.24) is 5.32 Å². The molecule has 1 aliphatic heterocycles. The van der Waals surface area contributed by atoms with Crippen molar-refractivity contribution in [2.75, 3.05) is 13.7 Å². The lowest BCUT2D eigenvalue weighted by molar-refractivity contribution is -0.200. The van der Waals surface area contributed by atoms with E-state index in [4.69, 9.17) is 4.74 Å². The Balaban J connectivity index is 2.49. The number of methoxy groups -OCH3 is 1. The first kappa shape index (κ1) is 18.3. The van der Waals surface area contributed by atoms with E-state index in [-0.39, 0.29) is 6.61 Å². The molecule has 8 heteroatoms. The summed E-state index contributed by atoms with van der Waals surface area (Å²) in [6, 6.07) is 5.52. The van der Waals surface area contributed by atoms with E-state index in [1.54, 1.807) is 30.3 Å². The summed E-state index contributed by atoms with van der Waals surface area (Å²) in [5, 5.41) is 2.61. The highest BCUT2D eigenvalue weighted by molar-refractivity contribution is 5.81. The van der Waals surface area contributed by atoms with Crippen LogP contribution in [-0.4, -0.2) is 37.9 Å². The van der Waals surface area contributed by atoms with E-state index >= 15 is 0 Å². The number of carbonyl (C=O) groups excluding carboxylic acids is 2. The van der Waals surface area contributed by atoms with Crippen LogP contribution in [0.25, 0.3) is 0 Å². The molecule has 4 atom stereocenters. The molecule has 1 aromatic carbocycles. The smallest absolute Gasteiger partial charge is 0.394 e. The van der Waals surface area contributed by atoms with E-state index in [1.807, 2.05) is 0 Å². The van der Waals surface area contributed by atoms with Crippen LogP contribution in [0.15, 0.2) is 30.3 Å². The third-order valence-electron chi connectivity index (χ3n) is 4.01. The average Bonchev–Trinajstić information content (AvgIpc) is 2.96. The molecule has 1 heterocycles. The zero-order valence-corrected chi connectivity index (χ0v) is 13.2. The number of halogens is 3. The average molecular weight is 345 g/mol. The molecular formula is C16H18F3NO4. The fraction of sp³-hybridized carbons (Fsp3) is 0.500. The number of carbonyl (C=O) groups is 2. The predicted octanol–water partition coefficient (Wildman–Crippen LogP) is 2.23. The fourth-order valence-corrected chi connectivity index (χ4v) is 3.03. The van der Waals surface area contributed by atoms with Gasteiger partial charge in [0, 0.05) is 6.04 Å². The van der Waals surface area contributed by atoms with Crippen LogP contribution in [0.1, 0.15) is 18.5 Å².